The molecule has 0 bridgehead atoms. The summed E-state index contributed by atoms with van der Waals surface area (Å²) in [4.78, 5) is 23.4. The van der Waals surface area contributed by atoms with E-state index in [4.69, 9.17) is 4.74 Å². The van der Waals surface area contributed by atoms with E-state index in [1.54, 1.807) is 6.92 Å². The summed E-state index contributed by atoms with van der Waals surface area (Å²) in [6, 6.07) is -0.244. The fourth-order valence-corrected chi connectivity index (χ4v) is 2.21. The van der Waals surface area contributed by atoms with Crippen LogP contribution in [0.15, 0.2) is 12.2 Å². The average molecular weight is 296 g/mol. The number of nitrogens with one attached hydrogen (secondary N) is 2. The van der Waals surface area contributed by atoms with Crippen LogP contribution in [0.5, 0.6) is 0 Å². The molecule has 0 saturated carbocycles. The highest BCUT2D eigenvalue weighted by atomic mass is 16.6. The molecule has 5 nitrogen and oxygen atoms in total. The van der Waals surface area contributed by atoms with Crippen molar-refractivity contribution in [1.82, 2.24) is 10.6 Å². The zero-order chi connectivity index (χ0) is 15.9. The lowest BCUT2D eigenvalue weighted by Gasteiger charge is -2.22. The fraction of sp³-hybridized carbons (Fsp3) is 0.750. The Morgan fingerprint density at radius 1 is 1.33 bits per heavy atom. The van der Waals surface area contributed by atoms with E-state index >= 15 is 0 Å². The van der Waals surface area contributed by atoms with Crippen molar-refractivity contribution in [3.63, 3.8) is 0 Å². The Labute approximate surface area is 127 Å². The van der Waals surface area contributed by atoms with Crippen LogP contribution in [-0.4, -0.2) is 30.2 Å². The van der Waals surface area contributed by atoms with E-state index in [-0.39, 0.29) is 18.4 Å². The highest BCUT2D eigenvalue weighted by Gasteiger charge is 2.19. The summed E-state index contributed by atoms with van der Waals surface area (Å²) in [7, 11) is 0. The van der Waals surface area contributed by atoms with Crippen molar-refractivity contribution in [3.8, 4) is 0 Å². The molecule has 0 aromatic carbocycles. The first-order valence-corrected chi connectivity index (χ1v) is 7.67. The van der Waals surface area contributed by atoms with Gasteiger partial charge in [0.1, 0.15) is 5.60 Å². The second-order valence-electron chi connectivity index (χ2n) is 6.71. The van der Waals surface area contributed by atoms with Gasteiger partial charge >= 0.3 is 6.09 Å². The van der Waals surface area contributed by atoms with Crippen molar-refractivity contribution in [3.05, 3.63) is 12.2 Å². The number of ether oxygens (including phenoxy) is 1. The van der Waals surface area contributed by atoms with Gasteiger partial charge in [-0.15, -0.1) is 0 Å². The van der Waals surface area contributed by atoms with Crippen molar-refractivity contribution in [2.75, 3.05) is 6.54 Å². The van der Waals surface area contributed by atoms with Gasteiger partial charge in [-0.05, 0) is 52.9 Å². The van der Waals surface area contributed by atoms with E-state index < -0.39 is 11.7 Å². The van der Waals surface area contributed by atoms with E-state index in [1.165, 1.54) is 0 Å². The lowest BCUT2D eigenvalue weighted by atomic mass is 9.94. The first-order valence-electron chi connectivity index (χ1n) is 7.67. The molecule has 0 radical (unpaired) electrons. The molecule has 1 aliphatic carbocycles. The van der Waals surface area contributed by atoms with Gasteiger partial charge in [0.15, 0.2) is 0 Å². The van der Waals surface area contributed by atoms with Crippen molar-refractivity contribution in [2.45, 2.75) is 65.0 Å². The summed E-state index contributed by atoms with van der Waals surface area (Å²) < 4.78 is 5.16. The Bertz CT molecular complexity index is 385. The second kappa shape index (κ2) is 8.05. The predicted molar refractivity (Wildman–Crippen MR) is 82.9 cm³/mol. The Hall–Kier alpha value is -1.52. The molecule has 2 atom stereocenters. The molecule has 2 N–H and O–H groups in total. The van der Waals surface area contributed by atoms with Crippen molar-refractivity contribution in [1.29, 1.82) is 0 Å². The van der Waals surface area contributed by atoms with Crippen molar-refractivity contribution >= 4 is 12.0 Å². The summed E-state index contributed by atoms with van der Waals surface area (Å²) in [5.74, 6) is 0.501. The van der Waals surface area contributed by atoms with Gasteiger partial charge in [-0.3, -0.25) is 4.79 Å². The highest BCUT2D eigenvalue weighted by Crippen LogP contribution is 2.16. The van der Waals surface area contributed by atoms with E-state index in [1.807, 2.05) is 20.8 Å². The van der Waals surface area contributed by atoms with Crippen LogP contribution in [0, 0.1) is 5.92 Å². The van der Waals surface area contributed by atoms with Gasteiger partial charge in [-0.1, -0.05) is 12.2 Å². The van der Waals surface area contributed by atoms with E-state index in [0.717, 1.165) is 19.3 Å². The molecule has 1 aliphatic rings. The molecule has 0 spiro atoms. The van der Waals surface area contributed by atoms with Crippen LogP contribution < -0.4 is 10.6 Å². The van der Waals surface area contributed by atoms with Gasteiger partial charge in [-0.25, -0.2) is 4.79 Å². The van der Waals surface area contributed by atoms with Gasteiger partial charge < -0.3 is 15.4 Å². The maximum absolute atomic E-state index is 11.8. The van der Waals surface area contributed by atoms with Crippen LogP contribution >= 0.6 is 0 Å². The van der Waals surface area contributed by atoms with E-state index in [2.05, 4.69) is 22.8 Å². The number of amides is 2. The first kappa shape index (κ1) is 17.5. The molecule has 5 heteroatoms. The third kappa shape index (κ3) is 8.38. The average Bonchev–Trinajstić information content (AvgIpc) is 2.35. The molecule has 1 rings (SSSR count). The Morgan fingerprint density at radius 3 is 2.62 bits per heavy atom. The summed E-state index contributed by atoms with van der Waals surface area (Å²) in [6.07, 6.45) is 7.39. The lowest BCUT2D eigenvalue weighted by molar-refractivity contribution is -0.121. The Morgan fingerprint density at radius 2 is 2.05 bits per heavy atom. The molecule has 120 valence electrons. The molecule has 0 fully saturated rings. The van der Waals surface area contributed by atoms with Crippen LogP contribution in [-0.2, 0) is 9.53 Å². The maximum Gasteiger partial charge on any atom is 0.407 e. The summed E-state index contributed by atoms with van der Waals surface area (Å²) >= 11 is 0. The number of allylic oxidation sites excluding steroid dienone is 2. The van der Waals surface area contributed by atoms with Gasteiger partial charge in [0.05, 0.1) is 0 Å². The third-order valence-corrected chi connectivity index (χ3v) is 3.22. The van der Waals surface area contributed by atoms with Gasteiger partial charge in [0, 0.05) is 19.0 Å². The quantitative estimate of drug-likeness (QED) is 0.767. The minimum atomic E-state index is -0.527. The summed E-state index contributed by atoms with van der Waals surface area (Å²) in [6.45, 7) is 7.93. The fourth-order valence-electron chi connectivity index (χ4n) is 2.21. The van der Waals surface area contributed by atoms with E-state index in [9.17, 15) is 9.59 Å². The number of carbonyl (C=O) groups excluding carboxylic acids is 2. The van der Waals surface area contributed by atoms with E-state index in [0.29, 0.717) is 12.5 Å². The molecule has 0 heterocycles. The molecule has 21 heavy (non-hydrogen) atoms. The minimum Gasteiger partial charge on any atom is -0.444 e. The largest absolute Gasteiger partial charge is 0.444 e. The molecule has 0 aliphatic heterocycles. The number of hydrogen-bond acceptors (Lipinski definition) is 3. The smallest absolute Gasteiger partial charge is 0.407 e. The topological polar surface area (TPSA) is 67.4 Å². The number of carbonyl (C=O) groups is 2. The SMILES string of the molecule is C[C@@H](CC(=O)NC[C@H]1CC=CCC1)NC(=O)OC(C)(C)C. The third-order valence-electron chi connectivity index (χ3n) is 3.22. The summed E-state index contributed by atoms with van der Waals surface area (Å²) in [5.41, 5.74) is -0.527. The number of rotatable bonds is 5. The standard InChI is InChI=1S/C16H28N2O3/c1-12(18-15(20)21-16(2,3)4)10-14(19)17-11-13-8-6-5-7-9-13/h5-6,12-13H,7-11H2,1-4H3,(H,17,19)(H,18,20)/t12-,13-/m0/s1. The summed E-state index contributed by atoms with van der Waals surface area (Å²) in [5, 5.41) is 5.61. The normalized spacial score (nSPS) is 19.7. The highest BCUT2D eigenvalue weighted by molar-refractivity contribution is 5.77. The van der Waals surface area contributed by atoms with Gasteiger partial charge in [0.25, 0.3) is 0 Å². The van der Waals surface area contributed by atoms with Crippen LogP contribution in [0.3, 0.4) is 0 Å². The zero-order valence-corrected chi connectivity index (χ0v) is 13.6. The van der Waals surface area contributed by atoms with Gasteiger partial charge in [-0.2, -0.15) is 0 Å². The van der Waals surface area contributed by atoms with Crippen LogP contribution in [0.25, 0.3) is 0 Å². The molecule has 0 aromatic rings. The second-order valence-corrected chi connectivity index (χ2v) is 6.71. The first-order chi connectivity index (χ1) is 9.76. The molecule has 0 aromatic heterocycles. The van der Waals surface area contributed by atoms with Crippen LogP contribution in [0.4, 0.5) is 4.79 Å². The number of alkyl carbamates (subject to hydrolysis) is 1. The molecular weight excluding hydrogens is 268 g/mol. The maximum atomic E-state index is 11.8. The van der Waals surface area contributed by atoms with Crippen molar-refractivity contribution < 1.29 is 14.3 Å². The molecular formula is C16H28N2O3. The minimum absolute atomic E-state index is 0.0342. The predicted octanol–water partition coefficient (Wildman–Crippen LogP) is 2.76. The zero-order valence-electron chi connectivity index (χ0n) is 13.6. The lowest BCUT2D eigenvalue weighted by Crippen LogP contribution is -2.41. The molecule has 0 unspecified atom stereocenters. The Balaban J connectivity index is 2.21. The monoisotopic (exact) mass is 296 g/mol. The molecule has 2 amide bonds. The van der Waals surface area contributed by atoms with Crippen LogP contribution in [0.1, 0.15) is 53.4 Å². The van der Waals surface area contributed by atoms with Gasteiger partial charge in [0.2, 0.25) is 5.91 Å². The number of hydrogen-bond donors (Lipinski definition) is 2. The van der Waals surface area contributed by atoms with Crippen molar-refractivity contribution in [2.24, 2.45) is 5.92 Å². The molecule has 0 saturated heterocycles. The van der Waals surface area contributed by atoms with Crippen LogP contribution in [0.2, 0.25) is 0 Å². The Kier molecular flexibility index (Phi) is 6.72.